The Kier molecular flexibility index (Phi) is 6.51. The molecule has 3 fully saturated rings. The predicted octanol–water partition coefficient (Wildman–Crippen LogP) is 5.36. The van der Waals surface area contributed by atoms with Crippen LogP contribution < -0.4 is 0 Å². The third-order valence-corrected chi connectivity index (χ3v) is 11.5. The van der Waals surface area contributed by atoms with E-state index >= 15 is 0 Å². The van der Waals surface area contributed by atoms with Crippen LogP contribution in [0.2, 0.25) is 0 Å². The molecular formula is C30H38O5S. The summed E-state index contributed by atoms with van der Waals surface area (Å²) in [5.41, 5.74) is 1.12. The van der Waals surface area contributed by atoms with Crippen LogP contribution in [0.15, 0.2) is 40.8 Å². The second kappa shape index (κ2) is 9.11. The van der Waals surface area contributed by atoms with Crippen LogP contribution in [0.5, 0.6) is 0 Å². The molecule has 1 N–H and O–H groups in total. The SMILES string of the molecule is Cc1ccc(S(=O)(=O)OCCC#CC2(O)CCC3C4CC=C5CC(=O)CC[C@]5(C)C4CC[C@@]32C)cc1. The zero-order valence-corrected chi connectivity index (χ0v) is 22.5. The number of hydrogen-bond acceptors (Lipinski definition) is 5. The molecule has 0 saturated heterocycles. The summed E-state index contributed by atoms with van der Waals surface area (Å²) in [6.07, 6.45) is 9.46. The average Bonchev–Trinajstić information content (AvgIpc) is 3.10. The molecule has 4 unspecified atom stereocenters. The first-order valence-corrected chi connectivity index (χ1v) is 14.8. The molecule has 4 aliphatic rings. The number of ketones is 1. The van der Waals surface area contributed by atoms with Crippen LogP contribution in [-0.4, -0.2) is 31.5 Å². The van der Waals surface area contributed by atoms with Gasteiger partial charge in [0, 0.05) is 24.7 Å². The molecule has 3 saturated carbocycles. The topological polar surface area (TPSA) is 80.7 Å². The van der Waals surface area contributed by atoms with Crippen LogP contribution >= 0.6 is 0 Å². The molecule has 0 bridgehead atoms. The van der Waals surface area contributed by atoms with Crippen LogP contribution in [0.1, 0.15) is 77.2 Å². The lowest BCUT2D eigenvalue weighted by molar-refractivity contribution is -0.123. The van der Waals surface area contributed by atoms with Gasteiger partial charge >= 0.3 is 0 Å². The van der Waals surface area contributed by atoms with Crippen molar-refractivity contribution in [2.24, 2.45) is 28.6 Å². The number of benzene rings is 1. The minimum Gasteiger partial charge on any atom is -0.377 e. The van der Waals surface area contributed by atoms with Gasteiger partial charge < -0.3 is 5.11 Å². The fraction of sp³-hybridized carbons (Fsp3) is 0.633. The van der Waals surface area contributed by atoms with E-state index in [2.05, 4.69) is 31.8 Å². The van der Waals surface area contributed by atoms with Crippen molar-refractivity contribution in [3.8, 4) is 11.8 Å². The van der Waals surface area contributed by atoms with Crippen LogP contribution in [-0.2, 0) is 19.1 Å². The van der Waals surface area contributed by atoms with Gasteiger partial charge in [0.1, 0.15) is 11.4 Å². The molecule has 0 aliphatic heterocycles. The normalized spacial score (nSPS) is 37.7. The minimum absolute atomic E-state index is 0.0330. The Morgan fingerprint density at radius 1 is 1.08 bits per heavy atom. The number of fused-ring (bicyclic) bond motifs is 5. The van der Waals surface area contributed by atoms with Crippen molar-refractivity contribution in [3.63, 3.8) is 0 Å². The van der Waals surface area contributed by atoms with E-state index in [4.69, 9.17) is 4.18 Å². The third kappa shape index (κ3) is 4.18. The van der Waals surface area contributed by atoms with Crippen molar-refractivity contribution < 1.29 is 22.5 Å². The van der Waals surface area contributed by atoms with Crippen LogP contribution in [0.3, 0.4) is 0 Å². The standard InChI is InChI=1S/C30H38O5S/c1-21-6-9-24(10-7-21)36(33,34)35-19-5-4-15-30(32)18-14-27-25-11-8-22-20-23(31)12-16-28(22,2)26(25)13-17-29(27,30)3/h6-10,25-27,32H,5,11-14,16-20H2,1-3H3/t25?,26?,27?,28-,29-,30?/m0/s1. The summed E-state index contributed by atoms with van der Waals surface area (Å²) in [6, 6.07) is 6.58. The lowest BCUT2D eigenvalue weighted by atomic mass is 9.47. The molecule has 0 amide bonds. The van der Waals surface area contributed by atoms with Gasteiger partial charge in [0.15, 0.2) is 0 Å². The van der Waals surface area contributed by atoms with E-state index in [9.17, 15) is 18.3 Å². The number of Topliss-reactive ketones (excluding diaryl/α,β-unsaturated/α-hetero) is 1. The zero-order chi connectivity index (χ0) is 25.8. The molecule has 0 aromatic heterocycles. The Morgan fingerprint density at radius 3 is 2.56 bits per heavy atom. The highest BCUT2D eigenvalue weighted by Crippen LogP contribution is 2.66. The van der Waals surface area contributed by atoms with Gasteiger partial charge in [0.2, 0.25) is 0 Å². The first kappa shape index (κ1) is 25.7. The lowest BCUT2D eigenvalue weighted by Gasteiger charge is -2.57. The number of carbonyl (C=O) groups is 1. The number of aryl methyl sites for hydroxylation is 1. The van der Waals surface area contributed by atoms with Gasteiger partial charge in [-0.3, -0.25) is 8.98 Å². The number of hydrogen-bond donors (Lipinski definition) is 1. The predicted molar refractivity (Wildman–Crippen MR) is 138 cm³/mol. The van der Waals surface area contributed by atoms with Crippen molar-refractivity contribution in [1.82, 2.24) is 0 Å². The van der Waals surface area contributed by atoms with Crippen molar-refractivity contribution >= 4 is 15.9 Å². The number of aliphatic hydroxyl groups is 1. The van der Waals surface area contributed by atoms with Gasteiger partial charge in [-0.15, -0.1) is 0 Å². The second-order valence-electron chi connectivity index (χ2n) is 12.0. The Morgan fingerprint density at radius 2 is 1.81 bits per heavy atom. The van der Waals surface area contributed by atoms with E-state index in [-0.39, 0.29) is 28.8 Å². The number of allylic oxidation sites excluding steroid dienone is 2. The molecule has 6 heteroatoms. The molecule has 1 aromatic rings. The van der Waals surface area contributed by atoms with Gasteiger partial charge in [0.05, 0.1) is 11.5 Å². The first-order chi connectivity index (χ1) is 17.0. The van der Waals surface area contributed by atoms with E-state index in [1.165, 1.54) is 5.57 Å². The maximum Gasteiger partial charge on any atom is 0.297 e. The van der Waals surface area contributed by atoms with Gasteiger partial charge in [-0.1, -0.05) is 55.0 Å². The Bertz CT molecular complexity index is 1240. The van der Waals surface area contributed by atoms with Crippen molar-refractivity contribution in [2.45, 2.75) is 89.1 Å². The summed E-state index contributed by atoms with van der Waals surface area (Å²) in [5, 5.41) is 11.7. The minimum atomic E-state index is -3.81. The number of rotatable bonds is 4. The Labute approximate surface area is 215 Å². The highest BCUT2D eigenvalue weighted by molar-refractivity contribution is 7.86. The molecule has 1 aromatic carbocycles. The largest absolute Gasteiger partial charge is 0.377 e. The summed E-state index contributed by atoms with van der Waals surface area (Å²) in [4.78, 5) is 12.2. The molecule has 194 valence electrons. The quantitative estimate of drug-likeness (QED) is 0.255. The average molecular weight is 511 g/mol. The second-order valence-corrected chi connectivity index (χ2v) is 13.6. The summed E-state index contributed by atoms with van der Waals surface area (Å²) < 4.78 is 30.0. The molecule has 6 atom stereocenters. The van der Waals surface area contributed by atoms with E-state index < -0.39 is 15.7 Å². The summed E-state index contributed by atoms with van der Waals surface area (Å²) in [5.74, 6) is 8.08. The smallest absolute Gasteiger partial charge is 0.297 e. The molecule has 0 spiro atoms. The van der Waals surface area contributed by atoms with Crippen LogP contribution in [0.4, 0.5) is 0 Å². The molecule has 5 rings (SSSR count). The Balaban J connectivity index is 1.26. The highest BCUT2D eigenvalue weighted by Gasteiger charge is 2.63. The van der Waals surface area contributed by atoms with E-state index in [1.54, 1.807) is 24.3 Å². The van der Waals surface area contributed by atoms with E-state index in [0.717, 1.165) is 37.7 Å². The maximum absolute atomic E-state index is 12.4. The molecule has 0 radical (unpaired) electrons. The van der Waals surface area contributed by atoms with Gasteiger partial charge in [-0.25, -0.2) is 0 Å². The van der Waals surface area contributed by atoms with Crippen molar-refractivity contribution in [2.75, 3.05) is 6.61 Å². The van der Waals surface area contributed by atoms with E-state index in [1.807, 2.05) is 6.92 Å². The zero-order valence-electron chi connectivity index (χ0n) is 21.7. The van der Waals surface area contributed by atoms with Crippen LogP contribution in [0, 0.1) is 47.3 Å². The lowest BCUT2D eigenvalue weighted by Crippen LogP contribution is -2.54. The molecular weight excluding hydrogens is 472 g/mol. The summed E-state index contributed by atoms with van der Waals surface area (Å²) in [6.45, 7) is 6.45. The third-order valence-electron chi connectivity index (χ3n) is 10.2. The van der Waals surface area contributed by atoms with E-state index in [0.29, 0.717) is 42.8 Å². The molecule has 4 aliphatic carbocycles. The van der Waals surface area contributed by atoms with Crippen molar-refractivity contribution in [1.29, 1.82) is 0 Å². The first-order valence-electron chi connectivity index (χ1n) is 13.4. The summed E-state index contributed by atoms with van der Waals surface area (Å²) >= 11 is 0. The monoisotopic (exact) mass is 510 g/mol. The van der Waals surface area contributed by atoms with Crippen molar-refractivity contribution in [3.05, 3.63) is 41.5 Å². The fourth-order valence-electron chi connectivity index (χ4n) is 7.88. The van der Waals surface area contributed by atoms with Gasteiger partial charge in [-0.2, -0.15) is 8.42 Å². The molecule has 0 heterocycles. The van der Waals surface area contributed by atoms with Gasteiger partial charge in [-0.05, 0) is 80.8 Å². The molecule has 36 heavy (non-hydrogen) atoms. The Hall–Kier alpha value is -1.94. The molecule has 5 nitrogen and oxygen atoms in total. The number of carbonyl (C=O) groups excluding carboxylic acids is 1. The van der Waals surface area contributed by atoms with Gasteiger partial charge in [0.25, 0.3) is 10.1 Å². The van der Waals surface area contributed by atoms with Crippen LogP contribution in [0.25, 0.3) is 0 Å². The maximum atomic E-state index is 12.4. The highest BCUT2D eigenvalue weighted by atomic mass is 32.2. The summed E-state index contributed by atoms with van der Waals surface area (Å²) in [7, 11) is -3.81. The fourth-order valence-corrected chi connectivity index (χ4v) is 8.79.